The Morgan fingerprint density at radius 1 is 1.43 bits per heavy atom. The van der Waals surface area contributed by atoms with Crippen LogP contribution >= 0.6 is 11.6 Å². The Kier molecular flexibility index (Phi) is 1.99. The molecule has 0 spiro atoms. The summed E-state index contributed by atoms with van der Waals surface area (Å²) in [6.07, 6.45) is 5.57. The smallest absolute Gasteiger partial charge is 0.0226 e. The first-order valence-electron chi connectivity index (χ1n) is 2.99. The maximum absolute atomic E-state index is 5.51. The third-order valence-corrected chi connectivity index (χ3v) is 1.96. The van der Waals surface area contributed by atoms with Crippen LogP contribution in [0.5, 0.6) is 0 Å². The van der Waals surface area contributed by atoms with Crippen LogP contribution in [0.3, 0.4) is 0 Å². The first kappa shape index (κ1) is 5.43. The van der Waals surface area contributed by atoms with Gasteiger partial charge in [-0.1, -0.05) is 19.3 Å². The average molecular weight is 119 g/mol. The van der Waals surface area contributed by atoms with Gasteiger partial charge in [0.25, 0.3) is 0 Å². The van der Waals surface area contributed by atoms with Gasteiger partial charge in [0.1, 0.15) is 0 Å². The average Bonchev–Trinajstić information content (AvgIpc) is 1.55. The molecular weight excluding hydrogens is 108 g/mol. The number of hydrogen-bond acceptors (Lipinski definition) is 0. The summed E-state index contributed by atoms with van der Waals surface area (Å²) in [5.41, 5.74) is 0. The Labute approximate surface area is 49.9 Å². The summed E-state index contributed by atoms with van der Waals surface area (Å²) in [4.78, 5) is 0. The van der Waals surface area contributed by atoms with Crippen LogP contribution < -0.4 is 0 Å². The standard InChI is InChI=1S/C6H11Cl/c7-5-4-6-2-1-3-6/h6H,1-5H2. The molecule has 42 valence electrons. The highest BCUT2D eigenvalue weighted by Crippen LogP contribution is 2.29. The lowest BCUT2D eigenvalue weighted by Crippen LogP contribution is -2.10. The van der Waals surface area contributed by atoms with Crippen molar-refractivity contribution in [2.45, 2.75) is 25.7 Å². The first-order valence-corrected chi connectivity index (χ1v) is 3.53. The van der Waals surface area contributed by atoms with Crippen molar-refractivity contribution in [2.24, 2.45) is 5.92 Å². The van der Waals surface area contributed by atoms with Crippen molar-refractivity contribution >= 4 is 11.6 Å². The van der Waals surface area contributed by atoms with Gasteiger partial charge in [0, 0.05) is 5.88 Å². The zero-order chi connectivity index (χ0) is 5.11. The summed E-state index contributed by atoms with van der Waals surface area (Å²) < 4.78 is 0. The van der Waals surface area contributed by atoms with Gasteiger partial charge in [0.15, 0.2) is 0 Å². The van der Waals surface area contributed by atoms with Crippen molar-refractivity contribution in [3.63, 3.8) is 0 Å². The summed E-state index contributed by atoms with van der Waals surface area (Å²) in [5.74, 6) is 1.86. The highest BCUT2D eigenvalue weighted by molar-refractivity contribution is 6.17. The molecule has 0 saturated heterocycles. The Hall–Kier alpha value is 0.290. The van der Waals surface area contributed by atoms with E-state index >= 15 is 0 Å². The molecule has 7 heavy (non-hydrogen) atoms. The van der Waals surface area contributed by atoms with Gasteiger partial charge in [-0.25, -0.2) is 0 Å². The molecule has 1 heteroatoms. The second-order valence-corrected chi connectivity index (χ2v) is 2.65. The molecule has 1 rings (SSSR count). The van der Waals surface area contributed by atoms with E-state index in [0.29, 0.717) is 0 Å². The minimum absolute atomic E-state index is 0.866. The number of alkyl halides is 1. The maximum atomic E-state index is 5.51. The van der Waals surface area contributed by atoms with Crippen LogP contribution in [0.15, 0.2) is 0 Å². The van der Waals surface area contributed by atoms with Gasteiger partial charge in [-0.3, -0.25) is 0 Å². The summed E-state index contributed by atoms with van der Waals surface area (Å²) in [7, 11) is 0. The monoisotopic (exact) mass is 118 g/mol. The van der Waals surface area contributed by atoms with Crippen molar-refractivity contribution in [1.29, 1.82) is 0 Å². The van der Waals surface area contributed by atoms with Crippen molar-refractivity contribution in [3.05, 3.63) is 0 Å². The van der Waals surface area contributed by atoms with E-state index in [1.54, 1.807) is 0 Å². The fraction of sp³-hybridized carbons (Fsp3) is 1.00. The van der Waals surface area contributed by atoms with Crippen LogP contribution in [-0.2, 0) is 0 Å². The summed E-state index contributed by atoms with van der Waals surface area (Å²) >= 11 is 5.51. The van der Waals surface area contributed by atoms with Gasteiger partial charge in [0.2, 0.25) is 0 Å². The molecule has 0 aromatic carbocycles. The minimum Gasteiger partial charge on any atom is -0.127 e. The van der Waals surface area contributed by atoms with Crippen molar-refractivity contribution in [2.75, 3.05) is 5.88 Å². The molecule has 0 aromatic rings. The Balaban J connectivity index is 1.93. The number of rotatable bonds is 2. The van der Waals surface area contributed by atoms with Gasteiger partial charge in [-0.15, -0.1) is 11.6 Å². The summed E-state index contributed by atoms with van der Waals surface area (Å²) in [6, 6.07) is 0. The highest BCUT2D eigenvalue weighted by atomic mass is 35.5. The Bertz CT molecular complexity index is 48.1. The first-order chi connectivity index (χ1) is 3.43. The zero-order valence-corrected chi connectivity index (χ0v) is 5.25. The van der Waals surface area contributed by atoms with Crippen LogP contribution in [0.25, 0.3) is 0 Å². The lowest BCUT2D eigenvalue weighted by atomic mass is 9.84. The molecule has 0 atom stereocenters. The molecule has 0 aliphatic heterocycles. The third kappa shape index (κ3) is 1.34. The lowest BCUT2D eigenvalue weighted by molar-refractivity contribution is 0.308. The molecule has 0 N–H and O–H groups in total. The van der Waals surface area contributed by atoms with Crippen LogP contribution in [0.2, 0.25) is 0 Å². The van der Waals surface area contributed by atoms with Crippen LogP contribution in [0.1, 0.15) is 25.7 Å². The molecule has 0 aromatic heterocycles. The SMILES string of the molecule is ClCCC1CCC1. The zero-order valence-electron chi connectivity index (χ0n) is 4.49. The maximum Gasteiger partial charge on any atom is 0.0226 e. The van der Waals surface area contributed by atoms with Crippen LogP contribution in [0.4, 0.5) is 0 Å². The summed E-state index contributed by atoms with van der Waals surface area (Å²) in [5, 5.41) is 0. The number of halogens is 1. The van der Waals surface area contributed by atoms with E-state index < -0.39 is 0 Å². The fourth-order valence-electron chi connectivity index (χ4n) is 0.936. The Morgan fingerprint density at radius 2 is 2.14 bits per heavy atom. The van der Waals surface area contributed by atoms with E-state index in [1.165, 1.54) is 25.7 Å². The largest absolute Gasteiger partial charge is 0.127 e. The fourth-order valence-corrected chi connectivity index (χ4v) is 1.24. The van der Waals surface area contributed by atoms with E-state index in [4.69, 9.17) is 11.6 Å². The molecule has 0 nitrogen and oxygen atoms in total. The van der Waals surface area contributed by atoms with Crippen LogP contribution in [0, 0.1) is 5.92 Å². The van der Waals surface area contributed by atoms with Gasteiger partial charge in [-0.2, -0.15) is 0 Å². The minimum atomic E-state index is 0.866. The Morgan fingerprint density at radius 3 is 2.29 bits per heavy atom. The normalized spacial score (nSPS) is 21.9. The van der Waals surface area contributed by atoms with Crippen molar-refractivity contribution in [1.82, 2.24) is 0 Å². The summed E-state index contributed by atoms with van der Waals surface area (Å²) in [6.45, 7) is 0. The van der Waals surface area contributed by atoms with Gasteiger partial charge >= 0.3 is 0 Å². The van der Waals surface area contributed by atoms with Gasteiger partial charge in [-0.05, 0) is 12.3 Å². The van der Waals surface area contributed by atoms with E-state index in [9.17, 15) is 0 Å². The molecule has 1 aliphatic rings. The molecule has 0 heterocycles. The molecular formula is C6H11Cl. The lowest BCUT2D eigenvalue weighted by Gasteiger charge is -2.23. The van der Waals surface area contributed by atoms with E-state index in [-0.39, 0.29) is 0 Å². The molecule has 0 bridgehead atoms. The molecule has 1 saturated carbocycles. The second kappa shape index (κ2) is 2.56. The van der Waals surface area contributed by atoms with Crippen LogP contribution in [-0.4, -0.2) is 5.88 Å². The molecule has 0 amide bonds. The topological polar surface area (TPSA) is 0 Å². The van der Waals surface area contributed by atoms with Crippen molar-refractivity contribution < 1.29 is 0 Å². The highest BCUT2D eigenvalue weighted by Gasteiger charge is 2.15. The van der Waals surface area contributed by atoms with E-state index in [0.717, 1.165) is 11.8 Å². The van der Waals surface area contributed by atoms with Gasteiger partial charge < -0.3 is 0 Å². The molecule has 0 radical (unpaired) electrons. The van der Waals surface area contributed by atoms with Gasteiger partial charge in [0.05, 0.1) is 0 Å². The third-order valence-electron chi connectivity index (χ3n) is 1.74. The molecule has 0 unspecified atom stereocenters. The van der Waals surface area contributed by atoms with Crippen molar-refractivity contribution in [3.8, 4) is 0 Å². The van der Waals surface area contributed by atoms with E-state index in [2.05, 4.69) is 0 Å². The molecule has 1 fully saturated rings. The van der Waals surface area contributed by atoms with E-state index in [1.807, 2.05) is 0 Å². The molecule has 1 aliphatic carbocycles. The quantitative estimate of drug-likeness (QED) is 0.489. The number of hydrogen-bond donors (Lipinski definition) is 0. The predicted molar refractivity (Wildman–Crippen MR) is 32.7 cm³/mol. The predicted octanol–water partition coefficient (Wildman–Crippen LogP) is 2.42. The second-order valence-electron chi connectivity index (χ2n) is 2.27.